The number of hydrogen-bond donors (Lipinski definition) is 0. The van der Waals surface area contributed by atoms with E-state index < -0.39 is 0 Å². The molecule has 0 radical (unpaired) electrons. The lowest BCUT2D eigenvalue weighted by atomic mass is 10.4. The third-order valence-corrected chi connectivity index (χ3v) is 5.19. The molecular formula is C10H8S3. The second-order valence-electron chi connectivity index (χ2n) is 2.41. The van der Waals surface area contributed by atoms with E-state index in [9.17, 15) is 0 Å². The standard InChI is InChI=1S/C10H8S3/c1-2-5-9(6-3-1)12-13-10-7-4-8-11-10/h1-8H. The Morgan fingerprint density at radius 2 is 1.69 bits per heavy atom. The van der Waals surface area contributed by atoms with E-state index in [0.29, 0.717) is 0 Å². The van der Waals surface area contributed by atoms with Gasteiger partial charge >= 0.3 is 0 Å². The van der Waals surface area contributed by atoms with Gasteiger partial charge in [0.2, 0.25) is 0 Å². The molecule has 13 heavy (non-hydrogen) atoms. The monoisotopic (exact) mass is 224 g/mol. The second kappa shape index (κ2) is 4.74. The lowest BCUT2D eigenvalue weighted by molar-refractivity contribution is 1.48. The van der Waals surface area contributed by atoms with Crippen LogP contribution in [0, 0.1) is 0 Å². The van der Waals surface area contributed by atoms with Gasteiger partial charge in [0.05, 0.1) is 4.21 Å². The quantitative estimate of drug-likeness (QED) is 0.702. The van der Waals surface area contributed by atoms with Gasteiger partial charge in [-0.1, -0.05) is 35.1 Å². The summed E-state index contributed by atoms with van der Waals surface area (Å²) in [5, 5.41) is 2.11. The predicted octanol–water partition coefficient (Wildman–Crippen LogP) is 4.55. The molecule has 0 saturated heterocycles. The smallest absolute Gasteiger partial charge is 0.0709 e. The summed E-state index contributed by atoms with van der Waals surface area (Å²) in [6.45, 7) is 0. The molecule has 0 aliphatic heterocycles. The van der Waals surface area contributed by atoms with Crippen LogP contribution in [-0.4, -0.2) is 0 Å². The summed E-state index contributed by atoms with van der Waals surface area (Å²) >= 11 is 1.78. The van der Waals surface area contributed by atoms with Crippen molar-refractivity contribution in [2.24, 2.45) is 0 Å². The van der Waals surface area contributed by atoms with E-state index in [1.54, 1.807) is 22.1 Å². The molecule has 66 valence electrons. The van der Waals surface area contributed by atoms with Crippen LogP contribution in [0.5, 0.6) is 0 Å². The average Bonchev–Trinajstić information content (AvgIpc) is 2.69. The van der Waals surface area contributed by atoms with Crippen LogP contribution in [0.4, 0.5) is 0 Å². The summed E-state index contributed by atoms with van der Waals surface area (Å²) in [6.07, 6.45) is 0. The predicted molar refractivity (Wildman–Crippen MR) is 62.5 cm³/mol. The van der Waals surface area contributed by atoms with Crippen molar-refractivity contribution >= 4 is 32.9 Å². The van der Waals surface area contributed by atoms with Gasteiger partial charge in [0, 0.05) is 4.90 Å². The zero-order chi connectivity index (χ0) is 8.93. The summed E-state index contributed by atoms with van der Waals surface area (Å²) < 4.78 is 1.36. The van der Waals surface area contributed by atoms with Crippen LogP contribution in [-0.2, 0) is 0 Å². The summed E-state index contributed by atoms with van der Waals surface area (Å²) in [6, 6.07) is 14.7. The summed E-state index contributed by atoms with van der Waals surface area (Å²) in [5.41, 5.74) is 0. The Morgan fingerprint density at radius 3 is 2.38 bits per heavy atom. The molecule has 0 atom stereocenters. The minimum absolute atomic E-state index is 1.31. The summed E-state index contributed by atoms with van der Waals surface area (Å²) in [7, 11) is 3.62. The lowest BCUT2D eigenvalue weighted by Gasteiger charge is -1.96. The third-order valence-electron chi connectivity index (χ3n) is 1.46. The van der Waals surface area contributed by atoms with Crippen molar-refractivity contribution in [3.05, 3.63) is 47.8 Å². The largest absolute Gasteiger partial charge is 0.137 e. The van der Waals surface area contributed by atoms with Gasteiger partial charge in [0.15, 0.2) is 0 Å². The molecule has 1 heterocycles. The first-order valence-corrected chi connectivity index (χ1v) is 6.91. The maximum Gasteiger partial charge on any atom is 0.0709 e. The van der Waals surface area contributed by atoms with Crippen LogP contribution in [0.2, 0.25) is 0 Å². The normalized spacial score (nSPS) is 10.2. The van der Waals surface area contributed by atoms with E-state index in [1.807, 2.05) is 16.9 Å². The molecule has 0 N–H and O–H groups in total. The van der Waals surface area contributed by atoms with Crippen LogP contribution in [0.3, 0.4) is 0 Å². The highest BCUT2D eigenvalue weighted by atomic mass is 33.1. The second-order valence-corrected chi connectivity index (χ2v) is 5.86. The van der Waals surface area contributed by atoms with E-state index in [1.165, 1.54) is 9.10 Å². The fraction of sp³-hybridized carbons (Fsp3) is 0. The fourth-order valence-corrected chi connectivity index (χ4v) is 3.92. The van der Waals surface area contributed by atoms with Crippen LogP contribution < -0.4 is 0 Å². The van der Waals surface area contributed by atoms with Gasteiger partial charge in [-0.3, -0.25) is 0 Å². The molecule has 0 aliphatic carbocycles. The molecule has 2 aromatic rings. The number of hydrogen-bond acceptors (Lipinski definition) is 3. The molecule has 0 spiro atoms. The highest BCUT2D eigenvalue weighted by Gasteiger charge is 1.96. The zero-order valence-corrected chi connectivity index (χ0v) is 9.29. The van der Waals surface area contributed by atoms with Gasteiger partial charge in [-0.2, -0.15) is 0 Å². The zero-order valence-electron chi connectivity index (χ0n) is 6.84. The molecule has 0 amide bonds. The molecule has 0 nitrogen and oxygen atoms in total. The topological polar surface area (TPSA) is 0 Å². The van der Waals surface area contributed by atoms with Crippen LogP contribution in [0.1, 0.15) is 0 Å². The molecule has 1 aromatic carbocycles. The highest BCUT2D eigenvalue weighted by Crippen LogP contribution is 2.39. The van der Waals surface area contributed by atoms with Crippen LogP contribution in [0.15, 0.2) is 56.9 Å². The Labute approximate surface area is 89.8 Å². The Balaban J connectivity index is 1.94. The molecular weight excluding hydrogens is 216 g/mol. The van der Waals surface area contributed by atoms with Gasteiger partial charge in [0.25, 0.3) is 0 Å². The van der Waals surface area contributed by atoms with E-state index in [-0.39, 0.29) is 0 Å². The molecule has 0 unspecified atom stereocenters. The number of thiophene rings is 1. The maximum atomic E-state index is 2.14. The molecule has 0 bridgehead atoms. The Hall–Kier alpha value is -0.380. The van der Waals surface area contributed by atoms with Crippen molar-refractivity contribution in [2.45, 2.75) is 9.10 Å². The fourth-order valence-electron chi connectivity index (χ4n) is 0.876. The molecule has 0 saturated carbocycles. The SMILES string of the molecule is c1ccc(SSc2cccs2)cc1. The molecule has 0 fully saturated rings. The maximum absolute atomic E-state index is 2.14. The van der Waals surface area contributed by atoms with Gasteiger partial charge < -0.3 is 0 Å². The van der Waals surface area contributed by atoms with Crippen LogP contribution >= 0.6 is 32.9 Å². The van der Waals surface area contributed by atoms with Gasteiger partial charge in [0.1, 0.15) is 0 Å². The first kappa shape index (κ1) is 9.19. The Morgan fingerprint density at radius 1 is 0.846 bits per heavy atom. The lowest BCUT2D eigenvalue weighted by Crippen LogP contribution is -1.63. The van der Waals surface area contributed by atoms with Crippen LogP contribution in [0.25, 0.3) is 0 Å². The van der Waals surface area contributed by atoms with E-state index in [0.717, 1.165) is 0 Å². The number of rotatable bonds is 3. The van der Waals surface area contributed by atoms with Crippen molar-refractivity contribution in [3.8, 4) is 0 Å². The minimum atomic E-state index is 1.31. The van der Waals surface area contributed by atoms with Crippen molar-refractivity contribution in [2.75, 3.05) is 0 Å². The third kappa shape index (κ3) is 2.79. The average molecular weight is 224 g/mol. The minimum Gasteiger partial charge on any atom is -0.137 e. The highest BCUT2D eigenvalue weighted by molar-refractivity contribution is 8.77. The molecule has 3 heteroatoms. The van der Waals surface area contributed by atoms with Gasteiger partial charge in [-0.05, 0) is 34.4 Å². The van der Waals surface area contributed by atoms with Crippen molar-refractivity contribution in [1.29, 1.82) is 0 Å². The first-order valence-electron chi connectivity index (χ1n) is 3.88. The molecule has 2 rings (SSSR count). The van der Waals surface area contributed by atoms with Crippen molar-refractivity contribution < 1.29 is 0 Å². The molecule has 1 aromatic heterocycles. The number of benzene rings is 1. The van der Waals surface area contributed by atoms with E-state index in [2.05, 4.69) is 41.8 Å². The van der Waals surface area contributed by atoms with Crippen molar-refractivity contribution in [1.82, 2.24) is 0 Å². The first-order chi connectivity index (χ1) is 6.45. The Bertz CT molecular complexity index is 340. The Kier molecular flexibility index (Phi) is 3.35. The van der Waals surface area contributed by atoms with Crippen molar-refractivity contribution in [3.63, 3.8) is 0 Å². The van der Waals surface area contributed by atoms with E-state index in [4.69, 9.17) is 0 Å². The summed E-state index contributed by atoms with van der Waals surface area (Å²) in [4.78, 5) is 1.31. The molecule has 0 aliphatic rings. The summed E-state index contributed by atoms with van der Waals surface area (Å²) in [5.74, 6) is 0. The van der Waals surface area contributed by atoms with Gasteiger partial charge in [-0.15, -0.1) is 11.3 Å². The van der Waals surface area contributed by atoms with Gasteiger partial charge in [-0.25, -0.2) is 0 Å². The van der Waals surface area contributed by atoms with E-state index >= 15 is 0 Å².